The summed E-state index contributed by atoms with van der Waals surface area (Å²) in [7, 11) is 0. The third-order valence-electron chi connectivity index (χ3n) is 0. The second-order valence-corrected chi connectivity index (χ2v) is 0. The van der Waals surface area contributed by atoms with Gasteiger partial charge in [-0.3, -0.25) is 0 Å². The van der Waals surface area contributed by atoms with Gasteiger partial charge in [-0.05, 0) is 0 Å². The minimum atomic E-state index is -0.0833. The molecule has 0 aliphatic carbocycles. The maximum atomic E-state index is 8.42. The Morgan fingerprint density at radius 2 is 1.17 bits per heavy atom. The predicted molar refractivity (Wildman–Crippen MR) is 3.31 cm³/mol. The molecule has 0 rings (SSSR count). The van der Waals surface area contributed by atoms with Gasteiger partial charge in [0, 0.05) is 0 Å². The molecule has 0 aliphatic heterocycles. The molecule has 0 unspecified atom stereocenters. The van der Waals surface area contributed by atoms with Gasteiger partial charge in [-0.15, -0.1) is 0 Å². The average Bonchev–Trinajstić information content (AvgIpc) is 1.50. The fraction of sp³-hybridized carbons (Fsp3) is 0. The van der Waals surface area contributed by atoms with E-state index in [-0.39, 0.29) is 58.1 Å². The zero-order chi connectivity index (χ0) is 4.00. The first-order chi connectivity index (χ1) is 2.00. The molecule has 6 heavy (non-hydrogen) atoms. The quantitative estimate of drug-likeness (QED) is 0.436. The van der Waals surface area contributed by atoms with E-state index in [1.54, 1.807) is 0 Å². The van der Waals surface area contributed by atoms with Gasteiger partial charge in [-0.25, -0.2) is 0 Å². The van der Waals surface area contributed by atoms with Gasteiger partial charge in [0.1, 0.15) is 0 Å². The molecule has 0 saturated carbocycles. The maximum absolute atomic E-state index is 8.42. The van der Waals surface area contributed by atoms with Crippen molar-refractivity contribution in [3.05, 3.63) is 0 Å². The van der Waals surface area contributed by atoms with Crippen LogP contribution in [0.4, 0.5) is 0 Å². The van der Waals surface area contributed by atoms with Crippen LogP contribution in [0.5, 0.6) is 0 Å². The summed E-state index contributed by atoms with van der Waals surface area (Å²) in [6.07, 6.45) is 0. The molecule has 0 atom stereocenters. The fourth-order valence-electron chi connectivity index (χ4n) is 0. The van der Waals surface area contributed by atoms with E-state index in [1.807, 2.05) is 0 Å². The van der Waals surface area contributed by atoms with Crippen molar-refractivity contribution in [1.82, 2.24) is 0 Å². The van der Waals surface area contributed by atoms with Crippen LogP contribution in [0.25, 0.3) is 0 Å². The first kappa shape index (κ1) is 24.0. The summed E-state index contributed by atoms with van der Waals surface area (Å²) in [6, 6.07) is 0. The van der Waals surface area contributed by atoms with Crippen molar-refractivity contribution in [2.75, 3.05) is 0 Å². The fourth-order valence-corrected chi connectivity index (χ4v) is 0. The van der Waals surface area contributed by atoms with Crippen LogP contribution in [0.1, 0.15) is 0 Å². The van der Waals surface area contributed by atoms with Crippen LogP contribution in [0.2, 0.25) is 0 Å². The van der Waals surface area contributed by atoms with Crippen LogP contribution >= 0.6 is 0 Å². The van der Waals surface area contributed by atoms with Gasteiger partial charge in [-0.2, -0.15) is 0 Å². The molecule has 0 fully saturated rings. The molecule has 0 radical (unpaired) electrons. The van der Waals surface area contributed by atoms with Crippen molar-refractivity contribution >= 4 is 0 Å². The zero-order valence-electron chi connectivity index (χ0n) is 3.34. The summed E-state index contributed by atoms with van der Waals surface area (Å²) in [5.41, 5.74) is 0. The Hall–Kier alpha value is 2.24. The summed E-state index contributed by atoms with van der Waals surface area (Å²) in [6.45, 7) is 0. The molecule has 0 heterocycles. The second kappa shape index (κ2) is 56.3. The molecular weight excluding hydrogens is 285 g/mol. The average molecular weight is 286 g/mol. The van der Waals surface area contributed by atoms with E-state index >= 15 is 0 Å². The Morgan fingerprint density at radius 1 is 1.17 bits per heavy atom. The van der Waals surface area contributed by atoms with Gasteiger partial charge in [-0.1, -0.05) is 0 Å². The summed E-state index contributed by atoms with van der Waals surface area (Å²) >= 11 is 0.217. The molecule has 0 spiro atoms. The van der Waals surface area contributed by atoms with Crippen LogP contribution < -0.4 is 18.9 Å². The molecule has 6 heteroatoms. The Balaban J connectivity index is -0.00000000500. The zero-order valence-corrected chi connectivity index (χ0v) is 9.42. The third kappa shape index (κ3) is 34.2. The molecule has 0 amide bonds. The summed E-state index contributed by atoms with van der Waals surface area (Å²) in [4.78, 5) is 0. The van der Waals surface area contributed by atoms with E-state index in [0.29, 0.717) is 24.7 Å². The molecular formula is HLaLiO3Zr. The molecule has 0 aromatic carbocycles. The molecule has 0 aliphatic rings. The predicted octanol–water partition coefficient (Wildman–Crippen LogP) is -3.41. The Kier molecular flexibility index (Phi) is 226. The Bertz CT molecular complexity index is 12.8. The van der Waals surface area contributed by atoms with E-state index < -0.39 is 0 Å². The van der Waals surface area contributed by atoms with Crippen LogP contribution in [0.15, 0.2) is 0 Å². The standard InChI is InChI=1S/La.Li.H2O.2O.Zr/h;;1H2;;;/q;+1;;;;/p-1. The second-order valence-electron chi connectivity index (χ2n) is 0. The van der Waals surface area contributed by atoms with Crippen LogP contribution in [-0.2, 0) is 29.2 Å². The summed E-state index contributed by atoms with van der Waals surface area (Å²) in [5, 5.41) is 0. The third-order valence-corrected chi connectivity index (χ3v) is 0. The molecule has 0 bridgehead atoms. The van der Waals surface area contributed by atoms with E-state index in [0.717, 1.165) is 0 Å². The normalized spacial score (nSPS) is 1.50. The van der Waals surface area contributed by atoms with Gasteiger partial charge in [0.25, 0.3) is 0 Å². The van der Waals surface area contributed by atoms with E-state index in [4.69, 9.17) is 4.51 Å². The van der Waals surface area contributed by atoms with E-state index in [2.05, 4.69) is 0 Å². The SMILES string of the molecule is [Li+].[OH-].[O]=[La].[O]=[Zr]. The van der Waals surface area contributed by atoms with Crippen molar-refractivity contribution in [2.45, 2.75) is 0 Å². The first-order valence-corrected chi connectivity index (χ1v) is 2.92. The Morgan fingerprint density at radius 3 is 1.17 bits per heavy atom. The van der Waals surface area contributed by atoms with E-state index in [9.17, 15) is 0 Å². The molecule has 3 nitrogen and oxygen atoms in total. The van der Waals surface area contributed by atoms with Crippen molar-refractivity contribution in [3.8, 4) is 0 Å². The van der Waals surface area contributed by atoms with Crippen molar-refractivity contribution in [1.29, 1.82) is 0 Å². The van der Waals surface area contributed by atoms with Gasteiger partial charge >= 0.3 is 81.9 Å². The molecule has 0 aromatic heterocycles. The topological polar surface area (TPSA) is 64.1 Å². The first-order valence-electron chi connectivity index (χ1n) is 0.440. The molecule has 0 saturated heterocycles. The summed E-state index contributed by atoms with van der Waals surface area (Å²) in [5.74, 6) is 0. The molecule has 1 N–H and O–H groups in total. The van der Waals surface area contributed by atoms with Crippen molar-refractivity contribution < 1.29 is 87.4 Å². The molecule has 0 aromatic rings. The summed E-state index contributed by atoms with van der Waals surface area (Å²) < 4.78 is 16.8. The molecule has 27 valence electrons. The van der Waals surface area contributed by atoms with Gasteiger partial charge in [0.05, 0.1) is 0 Å². The van der Waals surface area contributed by atoms with Gasteiger partial charge in [0.15, 0.2) is 0 Å². The van der Waals surface area contributed by atoms with Gasteiger partial charge in [0.2, 0.25) is 0 Å². The Labute approximate surface area is 85.7 Å². The van der Waals surface area contributed by atoms with E-state index in [1.165, 1.54) is 0 Å². The number of rotatable bonds is 0. The van der Waals surface area contributed by atoms with Crippen molar-refractivity contribution in [3.63, 3.8) is 0 Å². The van der Waals surface area contributed by atoms with Crippen molar-refractivity contribution in [2.24, 2.45) is 0 Å². The van der Waals surface area contributed by atoms with Gasteiger partial charge < -0.3 is 5.48 Å². The van der Waals surface area contributed by atoms with Crippen LogP contribution in [0.3, 0.4) is 0 Å². The number of hydrogen-bond acceptors (Lipinski definition) is 3. The number of hydrogen-bond donors (Lipinski definition) is 0. The monoisotopic (exact) mass is 285 g/mol. The minimum absolute atomic E-state index is 0. The van der Waals surface area contributed by atoms with Crippen LogP contribution in [-0.4, -0.2) is 5.48 Å². The van der Waals surface area contributed by atoms with Crippen LogP contribution in [0, 0.1) is 33.8 Å².